The molecule has 11 heavy (non-hydrogen) atoms. The van der Waals surface area contributed by atoms with Gasteiger partial charge < -0.3 is 5.73 Å². The van der Waals surface area contributed by atoms with Gasteiger partial charge in [0.15, 0.2) is 0 Å². The van der Waals surface area contributed by atoms with Gasteiger partial charge in [0.1, 0.15) is 0 Å². The van der Waals surface area contributed by atoms with Crippen molar-refractivity contribution < 1.29 is 0 Å². The van der Waals surface area contributed by atoms with Crippen LogP contribution in [0.2, 0.25) is 0 Å². The van der Waals surface area contributed by atoms with Crippen LogP contribution in [0.4, 0.5) is 0 Å². The normalized spacial score (nSPS) is 51.5. The summed E-state index contributed by atoms with van der Waals surface area (Å²) in [5, 5.41) is 0. The SMILES string of the molecule is CC1CC2CCC(C1N)N2C. The van der Waals surface area contributed by atoms with Crippen molar-refractivity contribution in [1.82, 2.24) is 4.90 Å². The van der Waals surface area contributed by atoms with Crippen molar-refractivity contribution in [3.63, 3.8) is 0 Å². The molecule has 2 aliphatic heterocycles. The summed E-state index contributed by atoms with van der Waals surface area (Å²) in [5.74, 6) is 0.740. The molecule has 2 N–H and O–H groups in total. The van der Waals surface area contributed by atoms with Crippen molar-refractivity contribution >= 4 is 0 Å². The van der Waals surface area contributed by atoms with Crippen LogP contribution in [0.3, 0.4) is 0 Å². The van der Waals surface area contributed by atoms with E-state index in [0.717, 1.165) is 12.0 Å². The van der Waals surface area contributed by atoms with E-state index in [2.05, 4.69) is 18.9 Å². The number of likely N-dealkylation sites (N-methyl/N-ethyl adjacent to an activating group) is 1. The van der Waals surface area contributed by atoms with Gasteiger partial charge in [0, 0.05) is 18.1 Å². The first-order valence-corrected chi connectivity index (χ1v) is 4.67. The molecule has 0 aromatic rings. The Morgan fingerprint density at radius 3 is 2.82 bits per heavy atom. The monoisotopic (exact) mass is 154 g/mol. The van der Waals surface area contributed by atoms with E-state index in [1.165, 1.54) is 19.3 Å². The van der Waals surface area contributed by atoms with Crippen molar-refractivity contribution in [2.45, 2.75) is 44.3 Å². The fraction of sp³-hybridized carbons (Fsp3) is 1.00. The van der Waals surface area contributed by atoms with Gasteiger partial charge in [-0.15, -0.1) is 0 Å². The summed E-state index contributed by atoms with van der Waals surface area (Å²) in [7, 11) is 2.23. The van der Waals surface area contributed by atoms with Crippen molar-refractivity contribution in [1.29, 1.82) is 0 Å². The summed E-state index contributed by atoms with van der Waals surface area (Å²) in [6, 6.07) is 1.96. The Morgan fingerprint density at radius 1 is 1.36 bits per heavy atom. The molecule has 2 fully saturated rings. The zero-order valence-corrected chi connectivity index (χ0v) is 7.46. The van der Waals surface area contributed by atoms with Crippen molar-refractivity contribution in [3.8, 4) is 0 Å². The summed E-state index contributed by atoms with van der Waals surface area (Å²) >= 11 is 0. The Hall–Kier alpha value is -0.0800. The first kappa shape index (κ1) is 7.56. The van der Waals surface area contributed by atoms with Gasteiger partial charge in [0.2, 0.25) is 0 Å². The first-order chi connectivity index (χ1) is 5.20. The Labute approximate surface area is 68.7 Å². The maximum Gasteiger partial charge on any atom is 0.0250 e. The highest BCUT2D eigenvalue weighted by Crippen LogP contribution is 2.36. The van der Waals surface area contributed by atoms with Crippen LogP contribution < -0.4 is 5.73 Å². The molecule has 0 spiro atoms. The molecule has 2 nitrogen and oxygen atoms in total. The standard InChI is InChI=1S/C9H18N2/c1-6-5-7-3-4-8(9(6)10)11(7)2/h6-9H,3-5,10H2,1-2H3. The van der Waals surface area contributed by atoms with Gasteiger partial charge in [0.05, 0.1) is 0 Å². The molecule has 0 amide bonds. The average molecular weight is 154 g/mol. The van der Waals surface area contributed by atoms with E-state index in [9.17, 15) is 0 Å². The molecule has 0 aromatic carbocycles. The maximum atomic E-state index is 6.11. The molecule has 2 bridgehead atoms. The molecule has 2 heteroatoms. The zero-order valence-electron chi connectivity index (χ0n) is 7.46. The summed E-state index contributed by atoms with van der Waals surface area (Å²) in [5.41, 5.74) is 6.11. The highest BCUT2D eigenvalue weighted by atomic mass is 15.2. The average Bonchev–Trinajstić information content (AvgIpc) is 2.23. The van der Waals surface area contributed by atoms with Gasteiger partial charge in [-0.3, -0.25) is 4.90 Å². The van der Waals surface area contributed by atoms with Gasteiger partial charge >= 0.3 is 0 Å². The molecular weight excluding hydrogens is 136 g/mol. The van der Waals surface area contributed by atoms with Gasteiger partial charge in [-0.25, -0.2) is 0 Å². The molecule has 4 unspecified atom stereocenters. The van der Waals surface area contributed by atoms with Crippen LogP contribution in [0.5, 0.6) is 0 Å². The molecule has 0 radical (unpaired) electrons. The van der Waals surface area contributed by atoms with E-state index < -0.39 is 0 Å². The smallest absolute Gasteiger partial charge is 0.0250 e. The maximum absolute atomic E-state index is 6.11. The van der Waals surface area contributed by atoms with Crippen molar-refractivity contribution in [2.24, 2.45) is 11.7 Å². The van der Waals surface area contributed by atoms with Crippen LogP contribution in [-0.2, 0) is 0 Å². The minimum absolute atomic E-state index is 0.429. The van der Waals surface area contributed by atoms with Crippen LogP contribution >= 0.6 is 0 Å². The number of rotatable bonds is 0. The third-order valence-electron chi connectivity index (χ3n) is 3.64. The second kappa shape index (κ2) is 2.46. The summed E-state index contributed by atoms with van der Waals surface area (Å²) in [6.45, 7) is 2.29. The minimum atomic E-state index is 0.429. The number of fused-ring (bicyclic) bond motifs is 2. The van der Waals surface area contributed by atoms with Gasteiger partial charge in [-0.1, -0.05) is 6.92 Å². The van der Waals surface area contributed by atoms with E-state index in [1.807, 2.05) is 0 Å². The lowest BCUT2D eigenvalue weighted by atomic mass is 9.88. The molecule has 2 aliphatic rings. The molecule has 2 heterocycles. The van der Waals surface area contributed by atoms with E-state index in [0.29, 0.717) is 12.1 Å². The Bertz CT molecular complexity index is 158. The second-order valence-electron chi connectivity index (χ2n) is 4.25. The van der Waals surface area contributed by atoms with Crippen LogP contribution in [0.25, 0.3) is 0 Å². The van der Waals surface area contributed by atoms with Crippen LogP contribution in [0.15, 0.2) is 0 Å². The number of hydrogen-bond acceptors (Lipinski definition) is 2. The Kier molecular flexibility index (Phi) is 1.69. The van der Waals surface area contributed by atoms with Crippen LogP contribution in [-0.4, -0.2) is 30.1 Å². The van der Waals surface area contributed by atoms with Gasteiger partial charge in [-0.05, 0) is 32.2 Å². The lowest BCUT2D eigenvalue weighted by Crippen LogP contribution is -2.53. The highest BCUT2D eigenvalue weighted by molar-refractivity contribution is 4.99. The molecule has 2 rings (SSSR count). The zero-order chi connectivity index (χ0) is 8.01. The highest BCUT2D eigenvalue weighted by Gasteiger charge is 2.41. The van der Waals surface area contributed by atoms with Crippen molar-refractivity contribution in [3.05, 3.63) is 0 Å². The molecule has 0 aliphatic carbocycles. The second-order valence-corrected chi connectivity index (χ2v) is 4.25. The van der Waals surface area contributed by atoms with Gasteiger partial charge in [0.25, 0.3) is 0 Å². The van der Waals surface area contributed by atoms with E-state index >= 15 is 0 Å². The molecule has 2 saturated heterocycles. The fourth-order valence-electron chi connectivity index (χ4n) is 2.75. The predicted molar refractivity (Wildman–Crippen MR) is 46.3 cm³/mol. The third kappa shape index (κ3) is 1.00. The summed E-state index contributed by atoms with van der Waals surface area (Å²) < 4.78 is 0. The topological polar surface area (TPSA) is 29.3 Å². The molecular formula is C9H18N2. The van der Waals surface area contributed by atoms with Crippen molar-refractivity contribution in [2.75, 3.05) is 7.05 Å². The number of hydrogen-bond donors (Lipinski definition) is 1. The summed E-state index contributed by atoms with van der Waals surface area (Å²) in [4.78, 5) is 2.49. The van der Waals surface area contributed by atoms with Crippen LogP contribution in [0.1, 0.15) is 26.2 Å². The predicted octanol–water partition coefficient (Wildman–Crippen LogP) is 0.816. The number of nitrogens with zero attached hydrogens (tertiary/aromatic N) is 1. The van der Waals surface area contributed by atoms with Crippen LogP contribution in [0, 0.1) is 5.92 Å². The van der Waals surface area contributed by atoms with E-state index in [1.54, 1.807) is 0 Å². The molecule has 0 aromatic heterocycles. The lowest BCUT2D eigenvalue weighted by molar-refractivity contribution is 0.118. The summed E-state index contributed by atoms with van der Waals surface area (Å²) in [6.07, 6.45) is 4.01. The Balaban J connectivity index is 2.16. The quantitative estimate of drug-likeness (QED) is 0.559. The first-order valence-electron chi connectivity index (χ1n) is 4.67. The third-order valence-corrected chi connectivity index (χ3v) is 3.64. The number of piperidine rings is 1. The molecule has 0 saturated carbocycles. The molecule has 4 atom stereocenters. The van der Waals surface area contributed by atoms with Gasteiger partial charge in [-0.2, -0.15) is 0 Å². The Morgan fingerprint density at radius 2 is 2.09 bits per heavy atom. The number of nitrogens with two attached hydrogens (primary N) is 1. The van der Waals surface area contributed by atoms with E-state index in [-0.39, 0.29) is 0 Å². The molecule has 64 valence electrons. The van der Waals surface area contributed by atoms with E-state index in [4.69, 9.17) is 5.73 Å². The lowest BCUT2D eigenvalue weighted by Gasteiger charge is -2.39. The fourth-order valence-corrected chi connectivity index (χ4v) is 2.75. The minimum Gasteiger partial charge on any atom is -0.326 e. The largest absolute Gasteiger partial charge is 0.326 e.